The van der Waals surface area contributed by atoms with Crippen LogP contribution in [0.3, 0.4) is 0 Å². The van der Waals surface area contributed by atoms with E-state index in [1.165, 1.54) is 4.52 Å². The number of carbonyl (C=O) groups excluding carboxylic acids is 1. The number of aromatic amines is 1. The SMILES string of the molecule is CCOc1cccc(CNC(=O)Cc2c(C)nc3cc[nH]n3c2=O)c1. The van der Waals surface area contributed by atoms with E-state index in [1.54, 1.807) is 19.2 Å². The fraction of sp³-hybridized carbons (Fsp3) is 0.278. The van der Waals surface area contributed by atoms with Crippen LogP contribution in [0.2, 0.25) is 0 Å². The summed E-state index contributed by atoms with van der Waals surface area (Å²) < 4.78 is 6.78. The van der Waals surface area contributed by atoms with Gasteiger partial charge in [-0.3, -0.25) is 14.7 Å². The summed E-state index contributed by atoms with van der Waals surface area (Å²) in [5, 5.41) is 5.63. The predicted molar refractivity (Wildman–Crippen MR) is 93.7 cm³/mol. The minimum Gasteiger partial charge on any atom is -0.494 e. The van der Waals surface area contributed by atoms with Crippen molar-refractivity contribution >= 4 is 11.6 Å². The molecular formula is C18H20N4O3. The highest BCUT2D eigenvalue weighted by atomic mass is 16.5. The topological polar surface area (TPSA) is 88.5 Å². The average Bonchev–Trinajstić information content (AvgIpc) is 3.06. The normalized spacial score (nSPS) is 10.8. The van der Waals surface area contributed by atoms with E-state index < -0.39 is 0 Å². The van der Waals surface area contributed by atoms with Crippen molar-refractivity contribution in [1.82, 2.24) is 19.9 Å². The van der Waals surface area contributed by atoms with Crippen LogP contribution in [0.4, 0.5) is 0 Å². The highest BCUT2D eigenvalue weighted by Gasteiger charge is 2.14. The van der Waals surface area contributed by atoms with Crippen molar-refractivity contribution in [3.8, 4) is 5.75 Å². The molecule has 0 bridgehead atoms. The Morgan fingerprint density at radius 1 is 1.36 bits per heavy atom. The third-order valence-electron chi connectivity index (χ3n) is 3.88. The molecule has 0 atom stereocenters. The van der Waals surface area contributed by atoms with Gasteiger partial charge in [0.25, 0.3) is 5.56 Å². The quantitative estimate of drug-likeness (QED) is 0.713. The van der Waals surface area contributed by atoms with Crippen LogP contribution in [0.25, 0.3) is 5.65 Å². The molecule has 2 heterocycles. The van der Waals surface area contributed by atoms with Crippen LogP contribution in [0.5, 0.6) is 5.75 Å². The van der Waals surface area contributed by atoms with E-state index in [2.05, 4.69) is 15.4 Å². The van der Waals surface area contributed by atoms with Crippen LogP contribution >= 0.6 is 0 Å². The highest BCUT2D eigenvalue weighted by molar-refractivity contribution is 5.78. The number of ether oxygens (including phenoxy) is 1. The third-order valence-corrected chi connectivity index (χ3v) is 3.88. The smallest absolute Gasteiger partial charge is 0.276 e. The van der Waals surface area contributed by atoms with E-state index in [0.29, 0.717) is 30.1 Å². The molecular weight excluding hydrogens is 320 g/mol. The summed E-state index contributed by atoms with van der Waals surface area (Å²) >= 11 is 0. The van der Waals surface area contributed by atoms with Gasteiger partial charge < -0.3 is 10.1 Å². The fourth-order valence-electron chi connectivity index (χ4n) is 2.65. The molecule has 0 aliphatic carbocycles. The number of fused-ring (bicyclic) bond motifs is 1. The first-order valence-electron chi connectivity index (χ1n) is 8.12. The van der Waals surface area contributed by atoms with Crippen LogP contribution in [-0.2, 0) is 17.8 Å². The largest absolute Gasteiger partial charge is 0.494 e. The van der Waals surface area contributed by atoms with Crippen LogP contribution in [0.15, 0.2) is 41.3 Å². The van der Waals surface area contributed by atoms with Crippen molar-refractivity contribution in [2.75, 3.05) is 6.61 Å². The van der Waals surface area contributed by atoms with Gasteiger partial charge >= 0.3 is 0 Å². The summed E-state index contributed by atoms with van der Waals surface area (Å²) in [4.78, 5) is 29.0. The second-order valence-corrected chi connectivity index (χ2v) is 5.67. The molecule has 0 saturated heterocycles. The van der Waals surface area contributed by atoms with Gasteiger partial charge in [0, 0.05) is 30.1 Å². The zero-order valence-corrected chi connectivity index (χ0v) is 14.2. The maximum atomic E-state index is 12.4. The van der Waals surface area contributed by atoms with E-state index in [-0.39, 0.29) is 17.9 Å². The molecule has 0 fully saturated rings. The molecule has 0 spiro atoms. The van der Waals surface area contributed by atoms with E-state index in [9.17, 15) is 9.59 Å². The Morgan fingerprint density at radius 2 is 2.20 bits per heavy atom. The monoisotopic (exact) mass is 340 g/mol. The fourth-order valence-corrected chi connectivity index (χ4v) is 2.65. The summed E-state index contributed by atoms with van der Waals surface area (Å²) in [5.41, 5.74) is 2.18. The lowest BCUT2D eigenvalue weighted by Crippen LogP contribution is -2.30. The second kappa shape index (κ2) is 7.21. The van der Waals surface area contributed by atoms with Gasteiger partial charge in [-0.05, 0) is 31.5 Å². The number of rotatable bonds is 6. The first-order valence-corrected chi connectivity index (χ1v) is 8.12. The Morgan fingerprint density at radius 3 is 3.00 bits per heavy atom. The minimum absolute atomic E-state index is 0.00915. The molecule has 7 nitrogen and oxygen atoms in total. The lowest BCUT2D eigenvalue weighted by atomic mass is 10.1. The predicted octanol–water partition coefficient (Wildman–Crippen LogP) is 1.59. The van der Waals surface area contributed by atoms with E-state index in [1.807, 2.05) is 31.2 Å². The maximum Gasteiger partial charge on any atom is 0.276 e. The number of carbonyl (C=O) groups is 1. The van der Waals surface area contributed by atoms with Crippen molar-refractivity contribution in [3.05, 3.63) is 63.7 Å². The van der Waals surface area contributed by atoms with Gasteiger partial charge in [-0.15, -0.1) is 0 Å². The lowest BCUT2D eigenvalue weighted by Gasteiger charge is -2.09. The number of nitrogens with one attached hydrogen (secondary N) is 2. The second-order valence-electron chi connectivity index (χ2n) is 5.67. The zero-order chi connectivity index (χ0) is 17.8. The number of benzene rings is 1. The van der Waals surface area contributed by atoms with Gasteiger partial charge in [0.1, 0.15) is 5.75 Å². The lowest BCUT2D eigenvalue weighted by molar-refractivity contribution is -0.120. The number of amides is 1. The molecule has 0 unspecified atom stereocenters. The molecule has 3 rings (SSSR count). The van der Waals surface area contributed by atoms with Crippen LogP contribution < -0.4 is 15.6 Å². The molecule has 1 aromatic carbocycles. The highest BCUT2D eigenvalue weighted by Crippen LogP contribution is 2.13. The Kier molecular flexibility index (Phi) is 4.83. The van der Waals surface area contributed by atoms with Crippen LogP contribution in [0, 0.1) is 6.92 Å². The first kappa shape index (κ1) is 16.8. The first-order chi connectivity index (χ1) is 12.1. The molecule has 2 aromatic heterocycles. The molecule has 0 aliphatic heterocycles. The van der Waals surface area contributed by atoms with E-state index in [0.717, 1.165) is 11.3 Å². The Labute approximate surface area is 144 Å². The van der Waals surface area contributed by atoms with Crippen LogP contribution in [-0.4, -0.2) is 27.1 Å². The summed E-state index contributed by atoms with van der Waals surface area (Å²) in [6.07, 6.45) is 1.63. The number of hydrogen-bond acceptors (Lipinski definition) is 4. The number of nitrogens with zero attached hydrogens (tertiary/aromatic N) is 2. The van der Waals surface area contributed by atoms with Gasteiger partial charge in [0.2, 0.25) is 5.91 Å². The summed E-state index contributed by atoms with van der Waals surface area (Å²) in [7, 11) is 0. The van der Waals surface area contributed by atoms with Gasteiger partial charge in [-0.1, -0.05) is 12.1 Å². The van der Waals surface area contributed by atoms with Crippen molar-refractivity contribution in [3.63, 3.8) is 0 Å². The van der Waals surface area contributed by atoms with Crippen molar-refractivity contribution in [1.29, 1.82) is 0 Å². The van der Waals surface area contributed by atoms with Gasteiger partial charge in [0.05, 0.1) is 13.0 Å². The van der Waals surface area contributed by atoms with Crippen molar-refractivity contribution in [2.24, 2.45) is 0 Å². The van der Waals surface area contributed by atoms with Crippen molar-refractivity contribution in [2.45, 2.75) is 26.8 Å². The average molecular weight is 340 g/mol. The number of aryl methyl sites for hydroxylation is 1. The number of aromatic nitrogens is 3. The third kappa shape index (κ3) is 3.71. The molecule has 0 aliphatic rings. The number of H-pyrrole nitrogens is 1. The molecule has 1 amide bonds. The molecule has 3 aromatic rings. The van der Waals surface area contributed by atoms with Crippen LogP contribution in [0.1, 0.15) is 23.7 Å². The molecule has 130 valence electrons. The molecule has 2 N–H and O–H groups in total. The molecule has 0 saturated carbocycles. The van der Waals surface area contributed by atoms with Gasteiger partial charge in [0.15, 0.2) is 5.65 Å². The molecule has 7 heteroatoms. The van der Waals surface area contributed by atoms with Crippen molar-refractivity contribution < 1.29 is 9.53 Å². The molecule has 25 heavy (non-hydrogen) atoms. The van der Waals surface area contributed by atoms with Gasteiger partial charge in [-0.2, -0.15) is 0 Å². The Balaban J connectivity index is 1.69. The van der Waals surface area contributed by atoms with E-state index >= 15 is 0 Å². The summed E-state index contributed by atoms with van der Waals surface area (Å²) in [6.45, 7) is 4.62. The maximum absolute atomic E-state index is 12.4. The van der Waals surface area contributed by atoms with Gasteiger partial charge in [-0.25, -0.2) is 9.50 Å². The Bertz CT molecular complexity index is 958. The Hall–Kier alpha value is -3.09. The standard InChI is InChI=1S/C18H20N4O3/c1-3-25-14-6-4-5-13(9-14)11-19-17(23)10-15-12(2)21-16-7-8-20-22(16)18(15)24/h4-9,20H,3,10-11H2,1-2H3,(H,19,23). The minimum atomic E-state index is -0.249. The summed E-state index contributed by atoms with van der Waals surface area (Å²) in [5.74, 6) is 0.542. The molecule has 0 radical (unpaired) electrons. The van der Waals surface area contributed by atoms with E-state index in [4.69, 9.17) is 4.74 Å². The summed E-state index contributed by atoms with van der Waals surface area (Å²) in [6, 6.07) is 9.26. The number of hydrogen-bond donors (Lipinski definition) is 2. The zero-order valence-electron chi connectivity index (χ0n) is 14.2.